The maximum absolute atomic E-state index is 12.7. The van der Waals surface area contributed by atoms with Crippen LogP contribution in [0.3, 0.4) is 0 Å². The standard InChI is InChI=1S/C32H46O4/c1-5-8-10-12-14-26-16-20-28(21-17-26)31(33)35-25(4)24-30(7-3)36-32(34)29-22-18-27(19-23-29)15-13-11-9-6-2/h16-23,25,30H,5-15,24H2,1-4H3. The van der Waals surface area contributed by atoms with Gasteiger partial charge in [-0.2, -0.15) is 0 Å². The monoisotopic (exact) mass is 494 g/mol. The van der Waals surface area contributed by atoms with Gasteiger partial charge in [0.15, 0.2) is 0 Å². The first kappa shape index (κ1) is 29.6. The summed E-state index contributed by atoms with van der Waals surface area (Å²) in [5.74, 6) is -0.664. The molecule has 0 N–H and O–H groups in total. The third-order valence-electron chi connectivity index (χ3n) is 6.65. The lowest BCUT2D eigenvalue weighted by Gasteiger charge is -2.21. The number of hydrogen-bond acceptors (Lipinski definition) is 4. The minimum absolute atomic E-state index is 0.306. The fraction of sp³-hybridized carbons (Fsp3) is 0.562. The van der Waals surface area contributed by atoms with Gasteiger partial charge in [-0.15, -0.1) is 0 Å². The zero-order chi connectivity index (χ0) is 26.2. The maximum atomic E-state index is 12.7. The van der Waals surface area contributed by atoms with E-state index >= 15 is 0 Å². The second-order valence-electron chi connectivity index (χ2n) is 9.90. The summed E-state index contributed by atoms with van der Waals surface area (Å²) in [5.41, 5.74) is 3.61. The summed E-state index contributed by atoms with van der Waals surface area (Å²) in [6.07, 6.45) is 12.4. The van der Waals surface area contributed by atoms with E-state index in [2.05, 4.69) is 13.8 Å². The lowest BCUT2D eigenvalue weighted by Crippen LogP contribution is -2.25. The third-order valence-corrected chi connectivity index (χ3v) is 6.65. The van der Waals surface area contributed by atoms with Crippen molar-refractivity contribution in [2.45, 2.75) is 117 Å². The van der Waals surface area contributed by atoms with Crippen LogP contribution in [0, 0.1) is 0 Å². The van der Waals surface area contributed by atoms with Crippen LogP contribution in [0.4, 0.5) is 0 Å². The summed E-state index contributed by atoms with van der Waals surface area (Å²) in [5, 5.41) is 0. The molecule has 0 radical (unpaired) electrons. The van der Waals surface area contributed by atoms with Gasteiger partial charge in [0.25, 0.3) is 0 Å². The number of unbranched alkanes of at least 4 members (excludes halogenated alkanes) is 6. The van der Waals surface area contributed by atoms with Crippen LogP contribution >= 0.6 is 0 Å². The van der Waals surface area contributed by atoms with Crippen LogP contribution in [-0.4, -0.2) is 24.1 Å². The summed E-state index contributed by atoms with van der Waals surface area (Å²) in [7, 11) is 0. The number of esters is 2. The SMILES string of the molecule is CCCCCCc1ccc(C(=O)OC(C)CC(CC)OC(=O)c2ccc(CCCCCC)cc2)cc1. The Balaban J connectivity index is 1.79. The summed E-state index contributed by atoms with van der Waals surface area (Å²) in [4.78, 5) is 25.3. The Morgan fingerprint density at radius 2 is 1.08 bits per heavy atom. The van der Waals surface area contributed by atoms with E-state index in [4.69, 9.17) is 9.47 Å². The molecule has 36 heavy (non-hydrogen) atoms. The van der Waals surface area contributed by atoms with Crippen molar-refractivity contribution in [1.82, 2.24) is 0 Å². The second kappa shape index (κ2) is 16.9. The van der Waals surface area contributed by atoms with Gasteiger partial charge in [-0.3, -0.25) is 0 Å². The molecule has 0 amide bonds. The molecule has 2 aromatic carbocycles. The van der Waals surface area contributed by atoms with Gasteiger partial charge in [0.1, 0.15) is 12.2 Å². The van der Waals surface area contributed by atoms with Crippen LogP contribution in [0.25, 0.3) is 0 Å². The van der Waals surface area contributed by atoms with E-state index < -0.39 is 0 Å². The van der Waals surface area contributed by atoms with Crippen molar-refractivity contribution in [3.8, 4) is 0 Å². The molecule has 2 rings (SSSR count). The quantitative estimate of drug-likeness (QED) is 0.163. The molecular formula is C32H46O4. The van der Waals surface area contributed by atoms with Crippen molar-refractivity contribution in [2.24, 2.45) is 0 Å². The van der Waals surface area contributed by atoms with Crippen LogP contribution < -0.4 is 0 Å². The van der Waals surface area contributed by atoms with E-state index in [0.29, 0.717) is 24.0 Å². The molecule has 2 atom stereocenters. The molecule has 0 spiro atoms. The smallest absolute Gasteiger partial charge is 0.338 e. The molecule has 0 heterocycles. The molecular weight excluding hydrogens is 448 g/mol. The van der Waals surface area contributed by atoms with Gasteiger partial charge in [-0.1, -0.05) is 83.6 Å². The minimum atomic E-state index is -0.352. The van der Waals surface area contributed by atoms with Crippen molar-refractivity contribution >= 4 is 11.9 Å². The van der Waals surface area contributed by atoms with Crippen molar-refractivity contribution in [3.05, 3.63) is 70.8 Å². The topological polar surface area (TPSA) is 52.6 Å². The van der Waals surface area contributed by atoms with Gasteiger partial charge in [0.05, 0.1) is 11.1 Å². The molecule has 0 aliphatic heterocycles. The lowest BCUT2D eigenvalue weighted by atomic mass is 10.0. The van der Waals surface area contributed by atoms with Crippen molar-refractivity contribution in [3.63, 3.8) is 0 Å². The van der Waals surface area contributed by atoms with Gasteiger partial charge in [0.2, 0.25) is 0 Å². The Morgan fingerprint density at radius 3 is 1.50 bits per heavy atom. The van der Waals surface area contributed by atoms with E-state index in [1.54, 1.807) is 0 Å². The Labute approximate surface area is 218 Å². The summed E-state index contributed by atoms with van der Waals surface area (Å²) < 4.78 is 11.4. The molecule has 0 saturated carbocycles. The molecule has 4 nitrogen and oxygen atoms in total. The summed E-state index contributed by atoms with van der Waals surface area (Å²) in [6, 6.07) is 15.4. The Hall–Kier alpha value is -2.62. The summed E-state index contributed by atoms with van der Waals surface area (Å²) in [6.45, 7) is 8.25. The van der Waals surface area contributed by atoms with Crippen LogP contribution in [0.5, 0.6) is 0 Å². The van der Waals surface area contributed by atoms with Gasteiger partial charge in [0, 0.05) is 6.42 Å². The average molecular weight is 495 g/mol. The van der Waals surface area contributed by atoms with E-state index in [1.807, 2.05) is 62.4 Å². The van der Waals surface area contributed by atoms with Crippen LogP contribution in [0.2, 0.25) is 0 Å². The molecule has 0 saturated heterocycles. The van der Waals surface area contributed by atoms with Gasteiger partial charge >= 0.3 is 11.9 Å². The molecule has 0 aliphatic carbocycles. The number of carbonyl (C=O) groups is 2. The number of aryl methyl sites for hydroxylation is 2. The Kier molecular flexibility index (Phi) is 13.9. The molecule has 0 bridgehead atoms. The molecule has 2 aromatic rings. The van der Waals surface area contributed by atoms with Crippen molar-refractivity contribution in [1.29, 1.82) is 0 Å². The van der Waals surface area contributed by atoms with Crippen LogP contribution in [0.1, 0.15) is 124 Å². The fourth-order valence-corrected chi connectivity index (χ4v) is 4.31. The van der Waals surface area contributed by atoms with Crippen LogP contribution in [0.15, 0.2) is 48.5 Å². The normalized spacial score (nSPS) is 12.7. The van der Waals surface area contributed by atoms with Crippen molar-refractivity contribution < 1.29 is 19.1 Å². The zero-order valence-corrected chi connectivity index (χ0v) is 22.9. The molecule has 4 heteroatoms. The predicted molar refractivity (Wildman–Crippen MR) is 148 cm³/mol. The Bertz CT molecular complexity index is 885. The van der Waals surface area contributed by atoms with E-state index in [-0.39, 0.29) is 24.1 Å². The number of ether oxygens (including phenoxy) is 2. The number of benzene rings is 2. The highest BCUT2D eigenvalue weighted by atomic mass is 16.6. The fourth-order valence-electron chi connectivity index (χ4n) is 4.31. The first-order chi connectivity index (χ1) is 17.5. The van der Waals surface area contributed by atoms with E-state index in [0.717, 1.165) is 12.8 Å². The zero-order valence-electron chi connectivity index (χ0n) is 22.9. The Morgan fingerprint density at radius 1 is 0.639 bits per heavy atom. The predicted octanol–water partition coefficient (Wildman–Crippen LogP) is 8.50. The number of hydrogen-bond donors (Lipinski definition) is 0. The van der Waals surface area contributed by atoms with Crippen molar-refractivity contribution in [2.75, 3.05) is 0 Å². The minimum Gasteiger partial charge on any atom is -0.459 e. The van der Waals surface area contributed by atoms with E-state index in [1.165, 1.54) is 62.5 Å². The second-order valence-corrected chi connectivity index (χ2v) is 9.90. The molecule has 198 valence electrons. The lowest BCUT2D eigenvalue weighted by molar-refractivity contribution is 0.00280. The molecule has 0 aromatic heterocycles. The van der Waals surface area contributed by atoms with E-state index in [9.17, 15) is 9.59 Å². The highest BCUT2D eigenvalue weighted by Gasteiger charge is 2.20. The number of rotatable bonds is 17. The molecule has 0 fully saturated rings. The third kappa shape index (κ3) is 11.0. The average Bonchev–Trinajstić information content (AvgIpc) is 2.89. The summed E-state index contributed by atoms with van der Waals surface area (Å²) >= 11 is 0. The highest BCUT2D eigenvalue weighted by Crippen LogP contribution is 2.17. The van der Waals surface area contributed by atoms with Gasteiger partial charge in [-0.25, -0.2) is 9.59 Å². The van der Waals surface area contributed by atoms with Crippen LogP contribution in [-0.2, 0) is 22.3 Å². The van der Waals surface area contributed by atoms with Gasteiger partial charge < -0.3 is 9.47 Å². The maximum Gasteiger partial charge on any atom is 0.338 e. The largest absolute Gasteiger partial charge is 0.459 e. The molecule has 2 unspecified atom stereocenters. The number of carbonyl (C=O) groups excluding carboxylic acids is 2. The first-order valence-corrected chi connectivity index (χ1v) is 14.1. The first-order valence-electron chi connectivity index (χ1n) is 14.1. The molecule has 0 aliphatic rings. The highest BCUT2D eigenvalue weighted by molar-refractivity contribution is 5.90. The van der Waals surface area contributed by atoms with Gasteiger partial charge in [-0.05, 0) is 74.4 Å².